The lowest BCUT2D eigenvalue weighted by molar-refractivity contribution is 0.386. The van der Waals surface area contributed by atoms with E-state index < -0.39 is 11.7 Å². The van der Waals surface area contributed by atoms with Crippen LogP contribution < -0.4 is 19.9 Å². The summed E-state index contributed by atoms with van der Waals surface area (Å²) in [5, 5.41) is 7.45. The standard InChI is InChI=1S/C15H15FN2O3/c1-19-9-6-10(20-2)8-11(7-9)21-13-5-3-4-12(16)14(13)15(17)18/h3-8H,1-2H3,(H3,17,18). The van der Waals surface area contributed by atoms with Gasteiger partial charge in [-0.2, -0.15) is 0 Å². The van der Waals surface area contributed by atoms with Crippen molar-refractivity contribution in [2.75, 3.05) is 14.2 Å². The molecule has 0 heterocycles. The molecule has 0 aliphatic heterocycles. The Bertz CT molecular complexity index is 652. The number of nitrogen functional groups attached to an aromatic ring is 1. The predicted octanol–water partition coefficient (Wildman–Crippen LogP) is 2.92. The Balaban J connectivity index is 2.43. The lowest BCUT2D eigenvalue weighted by Gasteiger charge is -2.13. The molecule has 0 aliphatic carbocycles. The van der Waals surface area contributed by atoms with Crippen LogP contribution in [-0.4, -0.2) is 20.1 Å². The van der Waals surface area contributed by atoms with Gasteiger partial charge in [0, 0.05) is 18.2 Å². The first kappa shape index (κ1) is 14.6. The molecule has 6 heteroatoms. The van der Waals surface area contributed by atoms with Gasteiger partial charge in [-0.25, -0.2) is 4.39 Å². The number of rotatable bonds is 5. The highest BCUT2D eigenvalue weighted by Gasteiger charge is 2.14. The van der Waals surface area contributed by atoms with Crippen LogP contribution >= 0.6 is 0 Å². The van der Waals surface area contributed by atoms with Gasteiger partial charge in [0.15, 0.2) is 0 Å². The smallest absolute Gasteiger partial charge is 0.141 e. The van der Waals surface area contributed by atoms with Crippen LogP contribution in [0.3, 0.4) is 0 Å². The molecule has 3 N–H and O–H groups in total. The van der Waals surface area contributed by atoms with Gasteiger partial charge < -0.3 is 19.9 Å². The summed E-state index contributed by atoms with van der Waals surface area (Å²) < 4.78 is 29.6. The molecule has 0 saturated heterocycles. The van der Waals surface area contributed by atoms with Gasteiger partial charge >= 0.3 is 0 Å². The molecule has 2 aromatic carbocycles. The fourth-order valence-electron chi connectivity index (χ4n) is 1.82. The van der Waals surface area contributed by atoms with Crippen molar-refractivity contribution in [1.82, 2.24) is 0 Å². The zero-order valence-electron chi connectivity index (χ0n) is 11.6. The second kappa shape index (κ2) is 6.13. The van der Waals surface area contributed by atoms with Gasteiger partial charge in [-0.1, -0.05) is 6.07 Å². The Labute approximate surface area is 121 Å². The van der Waals surface area contributed by atoms with Crippen molar-refractivity contribution in [3.05, 3.63) is 47.8 Å². The number of hydrogen-bond donors (Lipinski definition) is 2. The second-order valence-electron chi connectivity index (χ2n) is 4.18. The molecule has 5 nitrogen and oxygen atoms in total. The van der Waals surface area contributed by atoms with Gasteiger partial charge in [-0.15, -0.1) is 0 Å². The Hall–Kier alpha value is -2.76. The number of halogens is 1. The zero-order valence-corrected chi connectivity index (χ0v) is 11.6. The van der Waals surface area contributed by atoms with E-state index >= 15 is 0 Å². The van der Waals surface area contributed by atoms with Crippen molar-refractivity contribution >= 4 is 5.84 Å². The van der Waals surface area contributed by atoms with E-state index in [1.165, 1.54) is 32.4 Å². The highest BCUT2D eigenvalue weighted by molar-refractivity contribution is 5.98. The van der Waals surface area contributed by atoms with Gasteiger partial charge in [-0.05, 0) is 12.1 Å². The molecule has 0 fully saturated rings. The van der Waals surface area contributed by atoms with Crippen LogP contribution in [0.1, 0.15) is 5.56 Å². The number of nitrogens with one attached hydrogen (secondary N) is 1. The van der Waals surface area contributed by atoms with E-state index in [9.17, 15) is 4.39 Å². The first-order valence-corrected chi connectivity index (χ1v) is 6.09. The number of benzene rings is 2. The Morgan fingerprint density at radius 1 is 1.05 bits per heavy atom. The van der Waals surface area contributed by atoms with Gasteiger partial charge in [0.1, 0.15) is 34.7 Å². The van der Waals surface area contributed by atoms with E-state index in [4.69, 9.17) is 25.4 Å². The SMILES string of the molecule is COc1cc(OC)cc(Oc2cccc(F)c2C(=N)N)c1. The molecule has 0 aliphatic rings. The fourth-order valence-corrected chi connectivity index (χ4v) is 1.82. The van der Waals surface area contributed by atoms with E-state index in [1.54, 1.807) is 18.2 Å². The van der Waals surface area contributed by atoms with Gasteiger partial charge in [0.05, 0.1) is 19.8 Å². The highest BCUT2D eigenvalue weighted by Crippen LogP contribution is 2.32. The summed E-state index contributed by atoms with van der Waals surface area (Å²) >= 11 is 0. The first-order valence-electron chi connectivity index (χ1n) is 6.09. The van der Waals surface area contributed by atoms with Gasteiger partial charge in [0.25, 0.3) is 0 Å². The van der Waals surface area contributed by atoms with Gasteiger partial charge in [-0.3, -0.25) is 5.41 Å². The Morgan fingerprint density at radius 3 is 2.14 bits per heavy atom. The minimum atomic E-state index is -0.616. The zero-order chi connectivity index (χ0) is 15.4. The van der Waals surface area contributed by atoms with Crippen molar-refractivity contribution < 1.29 is 18.6 Å². The summed E-state index contributed by atoms with van der Waals surface area (Å²) in [6.07, 6.45) is 0. The van der Waals surface area contributed by atoms with Crippen LogP contribution in [0.5, 0.6) is 23.0 Å². The van der Waals surface area contributed by atoms with E-state index in [2.05, 4.69) is 0 Å². The maximum Gasteiger partial charge on any atom is 0.141 e. The van der Waals surface area contributed by atoms with Crippen molar-refractivity contribution in [3.63, 3.8) is 0 Å². The van der Waals surface area contributed by atoms with Crippen LogP contribution in [0, 0.1) is 11.2 Å². The number of methoxy groups -OCH3 is 2. The first-order chi connectivity index (χ1) is 10.0. The Kier molecular flexibility index (Phi) is 4.27. The molecule has 2 rings (SSSR count). The average molecular weight is 290 g/mol. The van der Waals surface area contributed by atoms with Crippen molar-refractivity contribution in [3.8, 4) is 23.0 Å². The molecule has 0 unspecified atom stereocenters. The molecule has 0 amide bonds. The largest absolute Gasteiger partial charge is 0.496 e. The molecule has 2 aromatic rings. The summed E-state index contributed by atoms with van der Waals surface area (Å²) in [5.41, 5.74) is 5.31. The maximum atomic E-state index is 13.7. The van der Waals surface area contributed by atoms with E-state index in [0.29, 0.717) is 17.2 Å². The number of ether oxygens (including phenoxy) is 3. The molecule has 0 atom stereocenters. The molecule has 0 spiro atoms. The molecule has 21 heavy (non-hydrogen) atoms. The van der Waals surface area contributed by atoms with Crippen molar-refractivity contribution in [2.45, 2.75) is 0 Å². The lowest BCUT2D eigenvalue weighted by atomic mass is 10.1. The monoisotopic (exact) mass is 290 g/mol. The summed E-state index contributed by atoms with van der Waals surface area (Å²) in [7, 11) is 3.03. The lowest BCUT2D eigenvalue weighted by Crippen LogP contribution is -2.14. The minimum Gasteiger partial charge on any atom is -0.496 e. The van der Waals surface area contributed by atoms with Crippen LogP contribution in [0.25, 0.3) is 0 Å². The Morgan fingerprint density at radius 2 is 1.62 bits per heavy atom. The minimum absolute atomic E-state index is 0.0840. The summed E-state index contributed by atoms with van der Waals surface area (Å²) in [5.74, 6) is 0.584. The molecule has 0 radical (unpaired) electrons. The fraction of sp³-hybridized carbons (Fsp3) is 0.133. The summed E-state index contributed by atoms with van der Waals surface area (Å²) in [4.78, 5) is 0. The third kappa shape index (κ3) is 3.22. The molecular weight excluding hydrogens is 275 g/mol. The normalized spacial score (nSPS) is 10.0. The van der Waals surface area contributed by atoms with Gasteiger partial charge in [0.2, 0.25) is 0 Å². The second-order valence-corrected chi connectivity index (χ2v) is 4.18. The molecular formula is C15H15FN2O3. The predicted molar refractivity (Wildman–Crippen MR) is 77.0 cm³/mol. The van der Waals surface area contributed by atoms with E-state index in [0.717, 1.165) is 0 Å². The maximum absolute atomic E-state index is 13.7. The summed E-state index contributed by atoms with van der Waals surface area (Å²) in [6, 6.07) is 9.16. The molecule has 0 bridgehead atoms. The van der Waals surface area contributed by atoms with E-state index in [-0.39, 0.29) is 11.3 Å². The number of nitrogens with two attached hydrogens (primary N) is 1. The van der Waals surface area contributed by atoms with Crippen LogP contribution in [0.4, 0.5) is 4.39 Å². The molecule has 0 saturated carbocycles. The quantitative estimate of drug-likeness (QED) is 0.655. The topological polar surface area (TPSA) is 77.6 Å². The number of amidine groups is 1. The van der Waals surface area contributed by atoms with Crippen molar-refractivity contribution in [2.24, 2.45) is 5.73 Å². The number of hydrogen-bond acceptors (Lipinski definition) is 4. The molecule has 0 aromatic heterocycles. The molecule has 110 valence electrons. The van der Waals surface area contributed by atoms with E-state index in [1.807, 2.05) is 0 Å². The third-order valence-corrected chi connectivity index (χ3v) is 2.80. The van der Waals surface area contributed by atoms with Crippen LogP contribution in [-0.2, 0) is 0 Å². The average Bonchev–Trinajstić information content (AvgIpc) is 2.46. The van der Waals surface area contributed by atoms with Crippen LogP contribution in [0.2, 0.25) is 0 Å². The highest BCUT2D eigenvalue weighted by atomic mass is 19.1. The third-order valence-electron chi connectivity index (χ3n) is 2.80. The van der Waals surface area contributed by atoms with Crippen molar-refractivity contribution in [1.29, 1.82) is 5.41 Å². The summed E-state index contributed by atoms with van der Waals surface area (Å²) in [6.45, 7) is 0. The van der Waals surface area contributed by atoms with Crippen LogP contribution in [0.15, 0.2) is 36.4 Å².